The zero-order chi connectivity index (χ0) is 21.2. The first-order chi connectivity index (χ1) is 13.7. The van der Waals surface area contributed by atoms with Gasteiger partial charge in [0.25, 0.3) is 15.9 Å². The van der Waals surface area contributed by atoms with E-state index in [1.165, 1.54) is 6.07 Å². The molecule has 9 heteroatoms. The Morgan fingerprint density at radius 2 is 1.83 bits per heavy atom. The molecule has 2 N–H and O–H groups in total. The number of nitrogens with one attached hydrogen (secondary N) is 2. The number of aryl methyl sites for hydroxylation is 3. The topological polar surface area (TPSA) is 93.1 Å². The summed E-state index contributed by atoms with van der Waals surface area (Å²) in [5.41, 5.74) is 4.56. The fraction of sp³-hybridized carbons (Fsp3) is 0.300. The molecule has 29 heavy (non-hydrogen) atoms. The Morgan fingerprint density at radius 1 is 1.14 bits per heavy atom. The Kier molecular flexibility index (Phi) is 6.09. The van der Waals surface area contributed by atoms with Crippen LogP contribution in [0.5, 0.6) is 0 Å². The van der Waals surface area contributed by atoms with Crippen LogP contribution in [0.15, 0.2) is 40.6 Å². The van der Waals surface area contributed by atoms with Gasteiger partial charge in [0.2, 0.25) is 0 Å². The Labute approximate surface area is 174 Å². The molecule has 0 spiro atoms. The zero-order valence-corrected chi connectivity index (χ0v) is 18.4. The Bertz CT molecular complexity index is 1130. The molecular formula is C20H24N4O3S2. The van der Waals surface area contributed by atoms with Crippen LogP contribution in [0.2, 0.25) is 0 Å². The van der Waals surface area contributed by atoms with Crippen molar-refractivity contribution in [3.63, 3.8) is 0 Å². The second-order valence-electron chi connectivity index (χ2n) is 6.86. The molecule has 2 heterocycles. The highest BCUT2D eigenvalue weighted by Crippen LogP contribution is 2.24. The monoisotopic (exact) mass is 432 g/mol. The van der Waals surface area contributed by atoms with Crippen LogP contribution in [0, 0.1) is 20.8 Å². The molecule has 1 aromatic carbocycles. The van der Waals surface area contributed by atoms with Crippen molar-refractivity contribution < 1.29 is 13.2 Å². The predicted octanol–water partition coefficient (Wildman–Crippen LogP) is 3.18. The van der Waals surface area contributed by atoms with Crippen molar-refractivity contribution in [2.45, 2.75) is 32.1 Å². The molecule has 0 saturated heterocycles. The van der Waals surface area contributed by atoms with E-state index in [1.54, 1.807) is 17.5 Å². The van der Waals surface area contributed by atoms with Crippen LogP contribution < -0.4 is 10.0 Å². The second kappa shape index (κ2) is 8.38. The number of thiophene rings is 1. The van der Waals surface area contributed by atoms with E-state index >= 15 is 0 Å². The van der Waals surface area contributed by atoms with E-state index in [4.69, 9.17) is 0 Å². The lowest BCUT2D eigenvalue weighted by Crippen LogP contribution is -2.27. The fourth-order valence-corrected chi connectivity index (χ4v) is 5.47. The van der Waals surface area contributed by atoms with E-state index in [1.807, 2.05) is 44.6 Å². The summed E-state index contributed by atoms with van der Waals surface area (Å²) in [6.07, 6.45) is 0.631. The van der Waals surface area contributed by atoms with Crippen molar-refractivity contribution >= 4 is 33.0 Å². The minimum Gasteiger partial charge on any atom is -0.351 e. The van der Waals surface area contributed by atoms with Gasteiger partial charge in [-0.15, -0.1) is 11.3 Å². The molecule has 0 saturated carbocycles. The molecule has 0 aliphatic rings. The highest BCUT2D eigenvalue weighted by Gasteiger charge is 2.24. The van der Waals surface area contributed by atoms with Gasteiger partial charge < -0.3 is 5.32 Å². The van der Waals surface area contributed by atoms with Crippen LogP contribution in [0.25, 0.3) is 0 Å². The summed E-state index contributed by atoms with van der Waals surface area (Å²) >= 11 is 1.11. The van der Waals surface area contributed by atoms with E-state index in [9.17, 15) is 13.2 Å². The van der Waals surface area contributed by atoms with Gasteiger partial charge in [0, 0.05) is 25.0 Å². The summed E-state index contributed by atoms with van der Waals surface area (Å²) in [7, 11) is -1.98. The van der Waals surface area contributed by atoms with Crippen LogP contribution in [-0.2, 0) is 23.5 Å². The maximum absolute atomic E-state index is 12.8. The quantitative estimate of drug-likeness (QED) is 0.600. The number of amides is 1. The minimum atomic E-state index is -3.86. The van der Waals surface area contributed by atoms with Gasteiger partial charge in [-0.05, 0) is 56.3 Å². The number of carbonyl (C=O) groups is 1. The molecular weight excluding hydrogens is 408 g/mol. The zero-order valence-electron chi connectivity index (χ0n) is 16.8. The molecule has 0 unspecified atom stereocenters. The molecule has 0 fully saturated rings. The molecule has 1 amide bonds. The fourth-order valence-electron chi connectivity index (χ4n) is 3.07. The van der Waals surface area contributed by atoms with Gasteiger partial charge in [-0.3, -0.25) is 14.2 Å². The van der Waals surface area contributed by atoms with E-state index in [-0.39, 0.29) is 9.77 Å². The van der Waals surface area contributed by atoms with Crippen LogP contribution in [-0.4, -0.2) is 30.7 Å². The standard InChI is InChI=1S/C20H24N4O3S2/c1-13-5-7-16(8-6-13)23-29(26,27)18-10-12-28-19(18)20(25)21-11-9-17-14(2)22-24(4)15(17)3/h5-8,10,12,23H,9,11H2,1-4H3,(H,21,25). The SMILES string of the molecule is Cc1ccc(NS(=O)(=O)c2ccsc2C(=O)NCCc2c(C)nn(C)c2C)cc1. The molecule has 0 bridgehead atoms. The summed E-state index contributed by atoms with van der Waals surface area (Å²) in [5, 5.41) is 8.80. The van der Waals surface area contributed by atoms with Crippen LogP contribution in [0.4, 0.5) is 5.69 Å². The summed E-state index contributed by atoms with van der Waals surface area (Å²) in [6, 6.07) is 8.48. The van der Waals surface area contributed by atoms with Crippen molar-refractivity contribution in [3.05, 3.63) is 63.1 Å². The Balaban J connectivity index is 1.70. The van der Waals surface area contributed by atoms with Gasteiger partial charge in [0.15, 0.2) is 0 Å². The number of hydrogen-bond donors (Lipinski definition) is 2. The van der Waals surface area contributed by atoms with Crippen molar-refractivity contribution in [2.75, 3.05) is 11.3 Å². The largest absolute Gasteiger partial charge is 0.351 e. The maximum Gasteiger partial charge on any atom is 0.263 e. The number of benzene rings is 1. The number of sulfonamides is 1. The lowest BCUT2D eigenvalue weighted by atomic mass is 10.1. The van der Waals surface area contributed by atoms with Crippen molar-refractivity contribution in [3.8, 4) is 0 Å². The van der Waals surface area contributed by atoms with Gasteiger partial charge in [-0.25, -0.2) is 8.42 Å². The predicted molar refractivity (Wildman–Crippen MR) is 115 cm³/mol. The first-order valence-corrected chi connectivity index (χ1v) is 11.5. The van der Waals surface area contributed by atoms with Gasteiger partial charge in [-0.1, -0.05) is 17.7 Å². The molecule has 2 aromatic heterocycles. The third kappa shape index (κ3) is 4.68. The van der Waals surface area contributed by atoms with E-state index in [2.05, 4.69) is 15.1 Å². The van der Waals surface area contributed by atoms with Gasteiger partial charge >= 0.3 is 0 Å². The minimum absolute atomic E-state index is 0.0192. The Hall–Kier alpha value is -2.65. The first kappa shape index (κ1) is 21.1. The average molecular weight is 433 g/mol. The average Bonchev–Trinajstić information content (AvgIpc) is 3.25. The molecule has 7 nitrogen and oxygen atoms in total. The smallest absolute Gasteiger partial charge is 0.263 e. The van der Waals surface area contributed by atoms with E-state index in [0.29, 0.717) is 18.7 Å². The van der Waals surface area contributed by atoms with Crippen LogP contribution in [0.1, 0.15) is 32.2 Å². The summed E-state index contributed by atoms with van der Waals surface area (Å²) in [5.74, 6) is -0.400. The Morgan fingerprint density at radius 3 is 2.45 bits per heavy atom. The molecule has 0 atom stereocenters. The molecule has 0 aliphatic heterocycles. The summed E-state index contributed by atoms with van der Waals surface area (Å²) < 4.78 is 29.9. The molecule has 3 aromatic rings. The maximum atomic E-state index is 12.8. The number of rotatable bonds is 7. The third-order valence-corrected chi connectivity index (χ3v) is 7.21. The highest BCUT2D eigenvalue weighted by molar-refractivity contribution is 7.93. The molecule has 0 aliphatic carbocycles. The van der Waals surface area contributed by atoms with E-state index < -0.39 is 15.9 Å². The van der Waals surface area contributed by atoms with Gasteiger partial charge in [0.1, 0.15) is 9.77 Å². The van der Waals surface area contributed by atoms with Crippen molar-refractivity contribution in [1.29, 1.82) is 0 Å². The van der Waals surface area contributed by atoms with Crippen molar-refractivity contribution in [1.82, 2.24) is 15.1 Å². The van der Waals surface area contributed by atoms with E-state index in [0.717, 1.165) is 33.9 Å². The number of aromatic nitrogens is 2. The third-order valence-electron chi connectivity index (χ3n) is 4.75. The highest BCUT2D eigenvalue weighted by atomic mass is 32.2. The first-order valence-electron chi connectivity index (χ1n) is 9.13. The molecule has 3 rings (SSSR count). The number of anilines is 1. The van der Waals surface area contributed by atoms with Crippen LogP contribution >= 0.6 is 11.3 Å². The number of carbonyl (C=O) groups excluding carboxylic acids is 1. The number of nitrogens with zero attached hydrogens (tertiary/aromatic N) is 2. The van der Waals surface area contributed by atoms with Crippen LogP contribution in [0.3, 0.4) is 0 Å². The number of hydrogen-bond acceptors (Lipinski definition) is 5. The van der Waals surface area contributed by atoms with Gasteiger partial charge in [0.05, 0.1) is 5.69 Å². The summed E-state index contributed by atoms with van der Waals surface area (Å²) in [4.78, 5) is 12.8. The lowest BCUT2D eigenvalue weighted by molar-refractivity contribution is 0.0955. The van der Waals surface area contributed by atoms with Gasteiger partial charge in [-0.2, -0.15) is 5.10 Å². The molecule has 0 radical (unpaired) electrons. The molecule has 154 valence electrons. The second-order valence-corrected chi connectivity index (χ2v) is 9.43. The van der Waals surface area contributed by atoms with Crippen molar-refractivity contribution in [2.24, 2.45) is 7.05 Å². The lowest BCUT2D eigenvalue weighted by Gasteiger charge is -2.10. The summed E-state index contributed by atoms with van der Waals surface area (Å²) in [6.45, 7) is 6.24. The normalized spacial score (nSPS) is 11.4.